The molecular weight excluding hydrogens is 392 g/mol. The first-order valence-corrected chi connectivity index (χ1v) is 11.6. The number of rotatable bonds is 1. The quantitative estimate of drug-likeness (QED) is 0.356. The predicted molar refractivity (Wildman–Crippen MR) is 118 cm³/mol. The van der Waals surface area contributed by atoms with E-state index in [9.17, 15) is 19.8 Å². The van der Waals surface area contributed by atoms with Crippen LogP contribution in [0, 0.1) is 38.9 Å². The Bertz CT molecular complexity index is 928. The van der Waals surface area contributed by atoms with Crippen molar-refractivity contribution in [1.82, 2.24) is 0 Å². The molecule has 4 aliphatic rings. The molecule has 0 unspecified atom stereocenters. The van der Waals surface area contributed by atoms with Crippen molar-refractivity contribution in [1.29, 1.82) is 0 Å². The fraction of sp³-hybridized carbons (Fsp3) is 0.769. The third kappa shape index (κ3) is 2.13. The Morgan fingerprint density at radius 1 is 1.10 bits per heavy atom. The molecule has 5 nitrogen and oxygen atoms in total. The maximum Gasteiger partial charge on any atom is 0.321 e. The standard InChI is InChI=1S/C26H38O5/c1-14-13-17-23(5)11-10-18(27)22(3,4)16(23)9-12-24(17,6)26(21(30)31-8)20(29)15(2)19(28)25(14,26)7/h13,16-18,27-28H,9-12H2,1-8H3/t16-,17+,18+,23-,24+,25+,26-/m1/s1. The largest absolute Gasteiger partial charge is 0.511 e. The lowest BCUT2D eigenvalue weighted by atomic mass is 9.33. The van der Waals surface area contributed by atoms with Crippen LogP contribution in [0.1, 0.15) is 74.1 Å². The Morgan fingerprint density at radius 3 is 2.29 bits per heavy atom. The first-order chi connectivity index (χ1) is 14.2. The number of hydrogen-bond acceptors (Lipinski definition) is 5. The van der Waals surface area contributed by atoms with Crippen LogP contribution in [0.5, 0.6) is 0 Å². The molecule has 4 aliphatic carbocycles. The van der Waals surface area contributed by atoms with Crippen LogP contribution < -0.4 is 0 Å². The Hall–Kier alpha value is -1.62. The molecule has 0 amide bonds. The Kier molecular flexibility index (Phi) is 4.54. The number of esters is 1. The zero-order chi connectivity index (χ0) is 23.4. The lowest BCUT2D eigenvalue weighted by Gasteiger charge is -2.68. The number of Topliss-reactive ketones (excluding diaryl/α,β-unsaturated/α-hetero) is 1. The van der Waals surface area contributed by atoms with E-state index in [0.717, 1.165) is 18.4 Å². The predicted octanol–water partition coefficient (Wildman–Crippen LogP) is 4.75. The number of fused-ring (bicyclic) bond motifs is 5. The number of hydrogen-bond donors (Lipinski definition) is 2. The second-order valence-electron chi connectivity index (χ2n) is 11.9. The van der Waals surface area contributed by atoms with E-state index in [2.05, 4.69) is 33.8 Å². The minimum absolute atomic E-state index is 0.00278. The minimum atomic E-state index is -1.49. The minimum Gasteiger partial charge on any atom is -0.511 e. The molecule has 0 bridgehead atoms. The van der Waals surface area contributed by atoms with E-state index in [1.807, 2.05) is 13.8 Å². The molecule has 2 N–H and O–H groups in total. The first-order valence-electron chi connectivity index (χ1n) is 11.6. The first kappa shape index (κ1) is 22.6. The van der Waals surface area contributed by atoms with Crippen molar-refractivity contribution in [3.8, 4) is 0 Å². The second-order valence-corrected chi connectivity index (χ2v) is 11.9. The molecule has 0 aromatic heterocycles. The van der Waals surface area contributed by atoms with Gasteiger partial charge in [-0.1, -0.05) is 39.3 Å². The van der Waals surface area contributed by atoms with Gasteiger partial charge < -0.3 is 14.9 Å². The molecule has 2 fully saturated rings. The van der Waals surface area contributed by atoms with Gasteiger partial charge in [-0.05, 0) is 74.5 Å². The van der Waals surface area contributed by atoms with Gasteiger partial charge in [0, 0.05) is 5.57 Å². The van der Waals surface area contributed by atoms with Gasteiger partial charge in [0.05, 0.1) is 18.6 Å². The monoisotopic (exact) mass is 430 g/mol. The molecule has 31 heavy (non-hydrogen) atoms. The van der Waals surface area contributed by atoms with E-state index in [1.165, 1.54) is 7.11 Å². The number of carbonyl (C=O) groups excluding carboxylic acids is 2. The van der Waals surface area contributed by atoms with Crippen molar-refractivity contribution in [2.45, 2.75) is 80.3 Å². The lowest BCUT2D eigenvalue weighted by molar-refractivity contribution is -0.214. The number of aliphatic hydroxyl groups excluding tert-OH is 2. The van der Waals surface area contributed by atoms with Crippen molar-refractivity contribution >= 4 is 11.8 Å². The molecule has 7 atom stereocenters. The molecule has 0 radical (unpaired) electrons. The van der Waals surface area contributed by atoms with Crippen molar-refractivity contribution in [2.75, 3.05) is 7.11 Å². The molecule has 172 valence electrons. The third-order valence-corrected chi connectivity index (χ3v) is 10.7. The molecule has 5 heteroatoms. The number of ketones is 1. The molecule has 0 saturated heterocycles. The molecule has 0 aromatic carbocycles. The average Bonchev–Trinajstić information content (AvgIpc) is 2.86. The summed E-state index contributed by atoms with van der Waals surface area (Å²) in [5.41, 5.74) is -2.60. The maximum atomic E-state index is 13.9. The van der Waals surface area contributed by atoms with Crippen LogP contribution in [0.4, 0.5) is 0 Å². The Balaban J connectivity index is 2.03. The van der Waals surface area contributed by atoms with Crippen LogP contribution in [0.15, 0.2) is 23.0 Å². The maximum absolute atomic E-state index is 13.9. The smallest absolute Gasteiger partial charge is 0.321 e. The SMILES string of the molecule is COC(=O)[C@@]12C(=O)C(C)=C(O)[C@]1(C)C(C)=C[C@H]1[C@]3(C)CC[C@H](O)C(C)(C)[C@H]3CC[C@@]12C. The van der Waals surface area contributed by atoms with Gasteiger partial charge >= 0.3 is 5.97 Å². The highest BCUT2D eigenvalue weighted by molar-refractivity contribution is 6.17. The highest BCUT2D eigenvalue weighted by Gasteiger charge is 2.80. The summed E-state index contributed by atoms with van der Waals surface area (Å²) < 4.78 is 5.35. The summed E-state index contributed by atoms with van der Waals surface area (Å²) >= 11 is 0. The third-order valence-electron chi connectivity index (χ3n) is 10.7. The van der Waals surface area contributed by atoms with Crippen molar-refractivity contribution in [3.63, 3.8) is 0 Å². The summed E-state index contributed by atoms with van der Waals surface area (Å²) in [6, 6.07) is 0. The van der Waals surface area contributed by atoms with E-state index >= 15 is 0 Å². The zero-order valence-electron chi connectivity index (χ0n) is 20.3. The van der Waals surface area contributed by atoms with Gasteiger partial charge in [0.15, 0.2) is 11.2 Å². The Labute approximate surface area is 185 Å². The van der Waals surface area contributed by atoms with Crippen LogP contribution >= 0.6 is 0 Å². The van der Waals surface area contributed by atoms with Crippen molar-refractivity contribution in [3.05, 3.63) is 23.0 Å². The summed E-state index contributed by atoms with van der Waals surface area (Å²) in [5.74, 6) is -0.607. The average molecular weight is 431 g/mol. The summed E-state index contributed by atoms with van der Waals surface area (Å²) in [6.07, 6.45) is 4.91. The highest BCUT2D eigenvalue weighted by Crippen LogP contribution is 2.77. The molecular formula is C26H38O5. The molecule has 0 heterocycles. The van der Waals surface area contributed by atoms with E-state index in [0.29, 0.717) is 12.8 Å². The molecule has 0 aromatic rings. The van der Waals surface area contributed by atoms with Crippen molar-refractivity contribution < 1.29 is 24.5 Å². The molecule has 4 rings (SSSR count). The number of aliphatic hydroxyl groups is 2. The summed E-state index contributed by atoms with van der Waals surface area (Å²) in [4.78, 5) is 27.6. The van der Waals surface area contributed by atoms with Crippen LogP contribution in [-0.4, -0.2) is 35.2 Å². The zero-order valence-corrected chi connectivity index (χ0v) is 20.3. The summed E-state index contributed by atoms with van der Waals surface area (Å²) in [7, 11) is 1.34. The summed E-state index contributed by atoms with van der Waals surface area (Å²) in [5, 5.41) is 22.0. The van der Waals surface area contributed by atoms with Crippen molar-refractivity contribution in [2.24, 2.45) is 38.9 Å². The van der Waals surface area contributed by atoms with Gasteiger partial charge in [0.25, 0.3) is 0 Å². The number of methoxy groups -OCH3 is 1. The number of ether oxygens (including phenoxy) is 1. The van der Waals surface area contributed by atoms with Gasteiger partial charge in [-0.3, -0.25) is 9.59 Å². The van der Waals surface area contributed by atoms with E-state index in [4.69, 9.17) is 4.74 Å². The van der Waals surface area contributed by atoms with Crippen LogP contribution in [0.25, 0.3) is 0 Å². The topological polar surface area (TPSA) is 83.8 Å². The second kappa shape index (κ2) is 6.24. The van der Waals surface area contributed by atoms with Gasteiger partial charge in [0.2, 0.25) is 0 Å². The summed E-state index contributed by atoms with van der Waals surface area (Å²) in [6.45, 7) is 14.1. The van der Waals surface area contributed by atoms with Gasteiger partial charge in [-0.25, -0.2) is 0 Å². The molecule has 0 spiro atoms. The Morgan fingerprint density at radius 2 is 1.71 bits per heavy atom. The van der Waals surface area contributed by atoms with E-state index in [-0.39, 0.29) is 45.9 Å². The van der Waals surface area contributed by atoms with E-state index in [1.54, 1.807) is 6.92 Å². The molecule has 0 aliphatic heterocycles. The fourth-order valence-electron chi connectivity index (χ4n) is 8.85. The van der Waals surface area contributed by atoms with Crippen LogP contribution in [0.2, 0.25) is 0 Å². The molecule has 2 saturated carbocycles. The normalized spacial score (nSPS) is 48.5. The van der Waals surface area contributed by atoms with E-state index < -0.39 is 22.2 Å². The van der Waals surface area contributed by atoms with Gasteiger partial charge in [-0.15, -0.1) is 0 Å². The van der Waals surface area contributed by atoms with Gasteiger partial charge in [0.1, 0.15) is 5.76 Å². The number of allylic oxidation sites excluding steroid dienone is 3. The van der Waals surface area contributed by atoms with Gasteiger partial charge in [-0.2, -0.15) is 0 Å². The lowest BCUT2D eigenvalue weighted by Crippen LogP contribution is -2.69. The van der Waals surface area contributed by atoms with Crippen LogP contribution in [0.3, 0.4) is 0 Å². The number of carbonyl (C=O) groups is 2. The van der Waals surface area contributed by atoms with Crippen LogP contribution in [-0.2, 0) is 14.3 Å². The highest BCUT2D eigenvalue weighted by atomic mass is 16.5. The fourth-order valence-corrected chi connectivity index (χ4v) is 8.85.